The Bertz CT molecular complexity index is 901. The highest BCUT2D eigenvalue weighted by atomic mass is 35.5. The van der Waals surface area contributed by atoms with Gasteiger partial charge in [-0.1, -0.05) is 11.6 Å². The predicted octanol–water partition coefficient (Wildman–Crippen LogP) is 2.26. The van der Waals surface area contributed by atoms with E-state index in [1.807, 2.05) is 0 Å². The van der Waals surface area contributed by atoms with Crippen molar-refractivity contribution in [1.29, 1.82) is 0 Å². The van der Waals surface area contributed by atoms with E-state index >= 15 is 0 Å². The molecule has 0 unspecified atom stereocenters. The minimum atomic E-state index is -3.77. The van der Waals surface area contributed by atoms with Gasteiger partial charge >= 0.3 is 0 Å². The highest BCUT2D eigenvalue weighted by molar-refractivity contribution is 7.89. The average Bonchev–Trinajstić information content (AvgIpc) is 2.63. The maximum absolute atomic E-state index is 12.4. The molecule has 1 amide bonds. The SMILES string of the molecule is COCCOc1ccc(NC(=O)c2ccc(Cl)c(S(=O)(=O)N(C)C)c2)cn1. The van der Waals surface area contributed by atoms with Gasteiger partial charge in [0, 0.05) is 32.8 Å². The number of carbonyl (C=O) groups is 1. The van der Waals surface area contributed by atoms with Gasteiger partial charge in [0.15, 0.2) is 0 Å². The number of pyridine rings is 1. The summed E-state index contributed by atoms with van der Waals surface area (Å²) in [5, 5.41) is 2.69. The van der Waals surface area contributed by atoms with Crippen LogP contribution in [0.2, 0.25) is 5.02 Å². The molecule has 1 aromatic carbocycles. The summed E-state index contributed by atoms with van der Waals surface area (Å²) in [6, 6.07) is 7.29. The first kappa shape index (κ1) is 21.1. The summed E-state index contributed by atoms with van der Waals surface area (Å²) in [6.45, 7) is 0.804. The third-order valence-corrected chi connectivity index (χ3v) is 5.78. The molecule has 0 aliphatic heterocycles. The number of anilines is 1. The normalized spacial score (nSPS) is 11.4. The monoisotopic (exact) mass is 413 g/mol. The zero-order valence-corrected chi connectivity index (χ0v) is 16.7. The van der Waals surface area contributed by atoms with E-state index in [2.05, 4.69) is 10.3 Å². The number of nitrogens with one attached hydrogen (secondary N) is 1. The minimum absolute atomic E-state index is 0.0412. The molecule has 0 bridgehead atoms. The topological polar surface area (TPSA) is 97.8 Å². The van der Waals surface area contributed by atoms with E-state index in [1.165, 1.54) is 38.5 Å². The smallest absolute Gasteiger partial charge is 0.255 e. The number of nitrogens with zero attached hydrogens (tertiary/aromatic N) is 2. The third-order valence-electron chi connectivity index (χ3n) is 3.48. The lowest BCUT2D eigenvalue weighted by Gasteiger charge is -2.14. The molecule has 0 aliphatic carbocycles. The Hall–Kier alpha value is -2.20. The first-order valence-corrected chi connectivity index (χ1v) is 9.68. The molecule has 2 aromatic rings. The largest absolute Gasteiger partial charge is 0.475 e. The van der Waals surface area contributed by atoms with Crippen LogP contribution in [0.5, 0.6) is 5.88 Å². The van der Waals surface area contributed by atoms with Gasteiger partial charge in [-0.2, -0.15) is 0 Å². The summed E-state index contributed by atoms with van der Waals surface area (Å²) in [7, 11) is 0.578. The number of carbonyl (C=O) groups excluding carboxylic acids is 1. The first-order chi connectivity index (χ1) is 12.8. The van der Waals surface area contributed by atoms with Gasteiger partial charge in [0.25, 0.3) is 5.91 Å². The number of halogens is 1. The van der Waals surface area contributed by atoms with E-state index in [-0.39, 0.29) is 15.5 Å². The molecule has 0 aliphatic rings. The molecule has 0 radical (unpaired) electrons. The summed E-state index contributed by atoms with van der Waals surface area (Å²) < 4.78 is 35.9. The van der Waals surface area contributed by atoms with Crippen molar-refractivity contribution in [3.8, 4) is 5.88 Å². The van der Waals surface area contributed by atoms with E-state index in [9.17, 15) is 13.2 Å². The molecule has 0 saturated heterocycles. The molecule has 10 heteroatoms. The number of sulfonamides is 1. The number of aromatic nitrogens is 1. The molecular weight excluding hydrogens is 394 g/mol. The summed E-state index contributed by atoms with van der Waals surface area (Å²) in [5.41, 5.74) is 0.589. The molecule has 1 heterocycles. The average molecular weight is 414 g/mol. The van der Waals surface area contributed by atoms with Crippen LogP contribution in [0.4, 0.5) is 5.69 Å². The third kappa shape index (κ3) is 5.39. The van der Waals surface area contributed by atoms with Crippen LogP contribution in [0.15, 0.2) is 41.4 Å². The van der Waals surface area contributed by atoms with Crippen molar-refractivity contribution in [3.63, 3.8) is 0 Å². The Kier molecular flexibility index (Phi) is 7.14. The Balaban J connectivity index is 2.14. The van der Waals surface area contributed by atoms with E-state index in [0.29, 0.717) is 24.8 Å². The Morgan fingerprint density at radius 1 is 1.22 bits per heavy atom. The highest BCUT2D eigenvalue weighted by Crippen LogP contribution is 2.25. The second kappa shape index (κ2) is 9.14. The highest BCUT2D eigenvalue weighted by Gasteiger charge is 2.22. The maximum Gasteiger partial charge on any atom is 0.255 e. The first-order valence-electron chi connectivity index (χ1n) is 7.87. The van der Waals surface area contributed by atoms with E-state index < -0.39 is 15.9 Å². The number of amides is 1. The van der Waals surface area contributed by atoms with Crippen molar-refractivity contribution in [2.45, 2.75) is 4.90 Å². The van der Waals surface area contributed by atoms with Crippen molar-refractivity contribution in [2.75, 3.05) is 39.7 Å². The van der Waals surface area contributed by atoms with Crippen LogP contribution in [0, 0.1) is 0 Å². The number of rotatable bonds is 8. The molecule has 27 heavy (non-hydrogen) atoms. The van der Waals surface area contributed by atoms with Crippen LogP contribution in [-0.4, -0.2) is 58.0 Å². The van der Waals surface area contributed by atoms with Gasteiger partial charge in [-0.05, 0) is 24.3 Å². The summed E-state index contributed by atoms with van der Waals surface area (Å²) in [4.78, 5) is 16.4. The molecule has 0 saturated carbocycles. The van der Waals surface area contributed by atoms with E-state index in [1.54, 1.807) is 19.2 Å². The Morgan fingerprint density at radius 2 is 1.96 bits per heavy atom. The lowest BCUT2D eigenvalue weighted by atomic mass is 10.2. The van der Waals surface area contributed by atoms with Gasteiger partial charge in [-0.3, -0.25) is 4.79 Å². The van der Waals surface area contributed by atoms with E-state index in [0.717, 1.165) is 4.31 Å². The maximum atomic E-state index is 12.4. The van der Waals surface area contributed by atoms with Crippen LogP contribution in [0.25, 0.3) is 0 Å². The minimum Gasteiger partial charge on any atom is -0.475 e. The predicted molar refractivity (Wildman–Crippen MR) is 102 cm³/mol. The van der Waals surface area contributed by atoms with Crippen LogP contribution in [0.3, 0.4) is 0 Å². The fourth-order valence-corrected chi connectivity index (χ4v) is 3.41. The summed E-state index contributed by atoms with van der Waals surface area (Å²) in [5.74, 6) is -0.0902. The molecule has 146 valence electrons. The van der Waals surface area contributed by atoms with Crippen LogP contribution < -0.4 is 10.1 Å². The molecule has 0 spiro atoms. The van der Waals surface area contributed by atoms with Crippen molar-refractivity contribution in [2.24, 2.45) is 0 Å². The van der Waals surface area contributed by atoms with Crippen LogP contribution in [-0.2, 0) is 14.8 Å². The van der Waals surface area contributed by atoms with Gasteiger partial charge < -0.3 is 14.8 Å². The number of methoxy groups -OCH3 is 1. The molecule has 1 N–H and O–H groups in total. The molecule has 0 atom stereocenters. The fourth-order valence-electron chi connectivity index (χ4n) is 2.01. The number of ether oxygens (including phenoxy) is 2. The Labute approximate surface area is 163 Å². The van der Waals surface area contributed by atoms with Gasteiger partial charge in [-0.15, -0.1) is 0 Å². The van der Waals surface area contributed by atoms with Crippen molar-refractivity contribution in [1.82, 2.24) is 9.29 Å². The van der Waals surface area contributed by atoms with Gasteiger partial charge in [0.05, 0.1) is 23.5 Å². The standard InChI is InChI=1S/C17H20ClN3O5S/c1-21(2)27(23,24)15-10-12(4-6-14(15)18)17(22)20-13-5-7-16(19-11-13)26-9-8-25-3/h4-7,10-11H,8-9H2,1-3H3,(H,20,22). The summed E-state index contributed by atoms with van der Waals surface area (Å²) >= 11 is 5.99. The number of hydrogen-bond acceptors (Lipinski definition) is 6. The zero-order chi connectivity index (χ0) is 20.0. The second-order valence-electron chi connectivity index (χ2n) is 5.61. The van der Waals surface area contributed by atoms with Gasteiger partial charge in [-0.25, -0.2) is 17.7 Å². The fraction of sp³-hybridized carbons (Fsp3) is 0.294. The lowest BCUT2D eigenvalue weighted by Crippen LogP contribution is -2.23. The summed E-state index contributed by atoms with van der Waals surface area (Å²) in [6.07, 6.45) is 1.44. The lowest BCUT2D eigenvalue weighted by molar-refractivity contribution is 0.102. The molecule has 0 fully saturated rings. The quantitative estimate of drug-likeness (QED) is 0.666. The van der Waals surface area contributed by atoms with Crippen molar-refractivity contribution in [3.05, 3.63) is 47.1 Å². The second-order valence-corrected chi connectivity index (χ2v) is 8.14. The van der Waals surface area contributed by atoms with Crippen LogP contribution >= 0.6 is 11.6 Å². The molecule has 8 nitrogen and oxygen atoms in total. The van der Waals surface area contributed by atoms with Crippen LogP contribution in [0.1, 0.15) is 10.4 Å². The van der Waals surface area contributed by atoms with Gasteiger partial charge in [0.1, 0.15) is 11.5 Å². The Morgan fingerprint density at radius 3 is 2.56 bits per heavy atom. The number of hydrogen-bond donors (Lipinski definition) is 1. The molecule has 2 rings (SSSR count). The zero-order valence-electron chi connectivity index (χ0n) is 15.1. The van der Waals surface area contributed by atoms with Crippen molar-refractivity contribution >= 4 is 33.2 Å². The van der Waals surface area contributed by atoms with Gasteiger partial charge in [0.2, 0.25) is 15.9 Å². The number of benzene rings is 1. The van der Waals surface area contributed by atoms with E-state index in [4.69, 9.17) is 21.1 Å². The van der Waals surface area contributed by atoms with Crippen molar-refractivity contribution < 1.29 is 22.7 Å². The molecular formula is C17H20ClN3O5S. The molecule has 1 aromatic heterocycles.